The summed E-state index contributed by atoms with van der Waals surface area (Å²) in [7, 11) is -4.14. The smallest absolute Gasteiger partial charge is 0.267 e. The van der Waals surface area contributed by atoms with Crippen molar-refractivity contribution in [3.8, 4) is 0 Å². The molecule has 4 N–H and O–H groups in total. The summed E-state index contributed by atoms with van der Waals surface area (Å²) in [6.07, 6.45) is 0. The van der Waals surface area contributed by atoms with Gasteiger partial charge in [0.25, 0.3) is 11.8 Å². The van der Waals surface area contributed by atoms with E-state index in [1.807, 2.05) is 6.92 Å². The number of halogens is 2. The van der Waals surface area contributed by atoms with Crippen molar-refractivity contribution in [3.05, 3.63) is 63.1 Å². The van der Waals surface area contributed by atoms with E-state index >= 15 is 0 Å². The topological polar surface area (TPSA) is 118 Å². The Morgan fingerprint density at radius 3 is 2.08 bits per heavy atom. The number of sulfonamides is 1. The Balaban J connectivity index is 2.18. The van der Waals surface area contributed by atoms with Crippen LogP contribution in [-0.2, 0) is 10.0 Å². The van der Waals surface area contributed by atoms with Gasteiger partial charge in [0.05, 0.1) is 15.6 Å². The van der Waals surface area contributed by atoms with E-state index in [4.69, 9.17) is 28.3 Å². The molecule has 0 saturated heterocycles. The zero-order chi connectivity index (χ0) is 18.8. The Kier molecular flexibility index (Phi) is 5.69. The quantitative estimate of drug-likeness (QED) is 0.681. The molecule has 25 heavy (non-hydrogen) atoms. The Morgan fingerprint density at radius 2 is 1.52 bits per heavy atom. The molecule has 0 saturated carbocycles. The van der Waals surface area contributed by atoms with E-state index in [1.165, 1.54) is 0 Å². The lowest BCUT2D eigenvalue weighted by Crippen LogP contribution is -2.41. The van der Waals surface area contributed by atoms with Crippen LogP contribution < -0.4 is 16.0 Å². The fourth-order valence-electron chi connectivity index (χ4n) is 1.88. The van der Waals surface area contributed by atoms with Crippen molar-refractivity contribution >= 4 is 45.0 Å². The van der Waals surface area contributed by atoms with Crippen LogP contribution in [0.15, 0.2) is 41.3 Å². The first kappa shape index (κ1) is 19.2. The fourth-order valence-corrected chi connectivity index (χ4v) is 3.28. The van der Waals surface area contributed by atoms with Gasteiger partial charge in [-0.2, -0.15) is 0 Å². The lowest BCUT2D eigenvalue weighted by molar-refractivity contribution is 0.0846. The standard InChI is InChI=1S/C15H13Cl2N3O4S/c1-8-2-4-9(5-3-8)14(21)19-20-15(22)10-6-13(25(18,23)24)12(17)7-11(10)16/h2-7H,1H3,(H,19,21)(H,20,22)(H2,18,23,24). The number of carbonyl (C=O) groups is 2. The molecule has 0 aliphatic heterocycles. The monoisotopic (exact) mass is 401 g/mol. The third-order valence-electron chi connectivity index (χ3n) is 3.18. The zero-order valence-electron chi connectivity index (χ0n) is 12.8. The molecule has 0 spiro atoms. The molecule has 0 aliphatic carbocycles. The summed E-state index contributed by atoms with van der Waals surface area (Å²) < 4.78 is 22.9. The predicted octanol–water partition coefficient (Wildman–Crippen LogP) is 2.02. The number of hydrogen-bond acceptors (Lipinski definition) is 4. The van der Waals surface area contributed by atoms with Gasteiger partial charge in [0.2, 0.25) is 10.0 Å². The number of carbonyl (C=O) groups excluding carboxylic acids is 2. The minimum Gasteiger partial charge on any atom is -0.267 e. The van der Waals surface area contributed by atoms with Gasteiger partial charge in [-0.15, -0.1) is 0 Å². The third-order valence-corrected chi connectivity index (χ3v) is 4.86. The summed E-state index contributed by atoms with van der Waals surface area (Å²) >= 11 is 11.7. The van der Waals surface area contributed by atoms with Crippen LogP contribution in [0.1, 0.15) is 26.3 Å². The van der Waals surface area contributed by atoms with Crippen LogP contribution in [0.3, 0.4) is 0 Å². The number of amides is 2. The molecular weight excluding hydrogens is 389 g/mol. The maximum Gasteiger partial charge on any atom is 0.271 e. The molecule has 0 fully saturated rings. The van der Waals surface area contributed by atoms with Gasteiger partial charge in [-0.3, -0.25) is 20.4 Å². The van der Waals surface area contributed by atoms with Gasteiger partial charge < -0.3 is 0 Å². The van der Waals surface area contributed by atoms with Crippen LogP contribution in [0, 0.1) is 6.92 Å². The maximum atomic E-state index is 12.2. The Hall–Kier alpha value is -2.13. The SMILES string of the molecule is Cc1ccc(C(=O)NNC(=O)c2cc(S(N)(=O)=O)c(Cl)cc2Cl)cc1. The van der Waals surface area contributed by atoms with Gasteiger partial charge in [0, 0.05) is 5.56 Å². The van der Waals surface area contributed by atoms with Crippen molar-refractivity contribution in [2.45, 2.75) is 11.8 Å². The van der Waals surface area contributed by atoms with Gasteiger partial charge in [-0.1, -0.05) is 40.9 Å². The number of nitrogens with one attached hydrogen (secondary N) is 2. The summed E-state index contributed by atoms with van der Waals surface area (Å²) in [5.74, 6) is -1.38. The molecule has 2 rings (SSSR count). The van der Waals surface area contributed by atoms with E-state index in [0.717, 1.165) is 17.7 Å². The number of hydrazine groups is 1. The van der Waals surface area contributed by atoms with Gasteiger partial charge in [-0.05, 0) is 31.2 Å². The minimum atomic E-state index is -4.14. The number of aryl methyl sites for hydroxylation is 1. The molecule has 0 unspecified atom stereocenters. The molecule has 132 valence electrons. The molecule has 0 heterocycles. The second kappa shape index (κ2) is 7.40. The van der Waals surface area contributed by atoms with E-state index < -0.39 is 26.7 Å². The molecule has 2 aromatic rings. The molecule has 0 aromatic heterocycles. The maximum absolute atomic E-state index is 12.2. The Morgan fingerprint density at radius 1 is 0.960 bits per heavy atom. The van der Waals surface area contributed by atoms with Crippen molar-refractivity contribution < 1.29 is 18.0 Å². The average molecular weight is 402 g/mol. The summed E-state index contributed by atoms with van der Waals surface area (Å²) in [5.41, 5.74) is 5.45. The van der Waals surface area contributed by atoms with E-state index in [1.54, 1.807) is 24.3 Å². The lowest BCUT2D eigenvalue weighted by atomic mass is 10.1. The van der Waals surface area contributed by atoms with Crippen LogP contribution in [0.4, 0.5) is 0 Å². The molecule has 0 aliphatic rings. The summed E-state index contributed by atoms with van der Waals surface area (Å²) in [6.45, 7) is 1.87. The van der Waals surface area contributed by atoms with Crippen LogP contribution in [-0.4, -0.2) is 20.2 Å². The number of hydrogen-bond donors (Lipinski definition) is 3. The van der Waals surface area contributed by atoms with Crippen LogP contribution in [0.5, 0.6) is 0 Å². The molecule has 0 bridgehead atoms. The van der Waals surface area contributed by atoms with Crippen molar-refractivity contribution in [2.24, 2.45) is 5.14 Å². The van der Waals surface area contributed by atoms with E-state index in [9.17, 15) is 18.0 Å². The van der Waals surface area contributed by atoms with Crippen LogP contribution in [0.2, 0.25) is 10.0 Å². The number of rotatable bonds is 3. The van der Waals surface area contributed by atoms with E-state index in [-0.39, 0.29) is 15.6 Å². The normalized spacial score (nSPS) is 11.0. The number of primary sulfonamides is 1. The molecule has 2 aromatic carbocycles. The lowest BCUT2D eigenvalue weighted by Gasteiger charge is -2.10. The highest BCUT2D eigenvalue weighted by Gasteiger charge is 2.20. The first-order chi connectivity index (χ1) is 11.6. The second-order valence-corrected chi connectivity index (χ2v) is 7.43. The zero-order valence-corrected chi connectivity index (χ0v) is 15.2. The molecule has 7 nitrogen and oxygen atoms in total. The molecule has 2 amide bonds. The number of benzene rings is 2. The fraction of sp³-hybridized carbons (Fsp3) is 0.0667. The molecule has 10 heteroatoms. The van der Waals surface area contributed by atoms with Crippen LogP contribution in [0.25, 0.3) is 0 Å². The van der Waals surface area contributed by atoms with Gasteiger partial charge >= 0.3 is 0 Å². The van der Waals surface area contributed by atoms with E-state index in [0.29, 0.717) is 5.56 Å². The van der Waals surface area contributed by atoms with Crippen LogP contribution >= 0.6 is 23.2 Å². The second-order valence-electron chi connectivity index (χ2n) is 5.08. The predicted molar refractivity (Wildman–Crippen MR) is 93.9 cm³/mol. The molecule has 0 atom stereocenters. The number of nitrogens with two attached hydrogens (primary N) is 1. The molecule has 0 radical (unpaired) electrons. The van der Waals surface area contributed by atoms with Gasteiger partial charge in [-0.25, -0.2) is 13.6 Å². The Bertz CT molecular complexity index is 944. The largest absolute Gasteiger partial charge is 0.271 e. The Labute approximate surface area is 154 Å². The van der Waals surface area contributed by atoms with Crippen molar-refractivity contribution in [1.82, 2.24) is 10.9 Å². The third kappa shape index (κ3) is 4.70. The molecular formula is C15H13Cl2N3O4S. The van der Waals surface area contributed by atoms with Crippen molar-refractivity contribution in [1.29, 1.82) is 0 Å². The van der Waals surface area contributed by atoms with Crippen molar-refractivity contribution in [2.75, 3.05) is 0 Å². The average Bonchev–Trinajstić information content (AvgIpc) is 2.51. The summed E-state index contributed by atoms with van der Waals surface area (Å²) in [6, 6.07) is 8.68. The first-order valence-corrected chi connectivity index (χ1v) is 9.09. The highest BCUT2D eigenvalue weighted by molar-refractivity contribution is 7.89. The summed E-state index contributed by atoms with van der Waals surface area (Å²) in [5, 5.41) is 4.72. The first-order valence-electron chi connectivity index (χ1n) is 6.79. The minimum absolute atomic E-state index is 0.0977. The highest BCUT2D eigenvalue weighted by Crippen LogP contribution is 2.27. The van der Waals surface area contributed by atoms with Gasteiger partial charge in [0.1, 0.15) is 4.90 Å². The highest BCUT2D eigenvalue weighted by atomic mass is 35.5. The van der Waals surface area contributed by atoms with Gasteiger partial charge in [0.15, 0.2) is 0 Å². The summed E-state index contributed by atoms with van der Waals surface area (Å²) in [4.78, 5) is 23.7. The van der Waals surface area contributed by atoms with Crippen molar-refractivity contribution in [3.63, 3.8) is 0 Å². The van der Waals surface area contributed by atoms with E-state index in [2.05, 4.69) is 10.9 Å².